The van der Waals surface area contributed by atoms with Crippen LogP contribution in [0, 0.1) is 0 Å². The Balaban J connectivity index is 2.33. The predicted octanol–water partition coefficient (Wildman–Crippen LogP) is 2.16. The van der Waals surface area contributed by atoms with Crippen LogP contribution in [0.2, 0.25) is 0 Å². The van der Waals surface area contributed by atoms with Crippen molar-refractivity contribution in [3.63, 3.8) is 0 Å². The predicted molar refractivity (Wildman–Crippen MR) is 70.8 cm³/mol. The molecule has 2 nitrogen and oxygen atoms in total. The zero-order valence-corrected chi connectivity index (χ0v) is 10.9. The average molecular weight is 220 g/mol. The second-order valence-electron chi connectivity index (χ2n) is 4.92. The Hall–Kier alpha value is -0.860. The smallest absolute Gasteiger partial charge is 0.0169 e. The number of nitrogens with zero attached hydrogens (tertiary/aromatic N) is 1. The van der Waals surface area contributed by atoms with Crippen molar-refractivity contribution in [2.45, 2.75) is 32.4 Å². The van der Waals surface area contributed by atoms with Gasteiger partial charge in [-0.3, -0.25) is 0 Å². The molecular formula is C14H24N2. The Bertz CT molecular complexity index is 282. The molecule has 2 heteroatoms. The minimum atomic E-state index is 0.525. The summed E-state index contributed by atoms with van der Waals surface area (Å²) in [7, 11) is 4.22. The molecule has 0 aliphatic carbocycles. The van der Waals surface area contributed by atoms with E-state index in [4.69, 9.17) is 0 Å². The Morgan fingerprint density at radius 3 is 2.25 bits per heavy atom. The lowest BCUT2D eigenvalue weighted by atomic mass is 10.1. The first-order chi connectivity index (χ1) is 7.58. The SMILES string of the molecule is CC(Cc1ccccc1)NC(C)CN(C)C. The van der Waals surface area contributed by atoms with Crippen molar-refractivity contribution in [2.24, 2.45) is 0 Å². The molecule has 0 heterocycles. The fourth-order valence-corrected chi connectivity index (χ4v) is 2.11. The zero-order valence-electron chi connectivity index (χ0n) is 10.9. The molecule has 0 bridgehead atoms. The summed E-state index contributed by atoms with van der Waals surface area (Å²) in [5.41, 5.74) is 1.40. The van der Waals surface area contributed by atoms with Crippen LogP contribution in [0.4, 0.5) is 0 Å². The number of hydrogen-bond donors (Lipinski definition) is 1. The summed E-state index contributed by atoms with van der Waals surface area (Å²) in [6.07, 6.45) is 1.10. The topological polar surface area (TPSA) is 15.3 Å². The van der Waals surface area contributed by atoms with Crippen molar-refractivity contribution < 1.29 is 0 Å². The summed E-state index contributed by atoms with van der Waals surface area (Å²) in [5.74, 6) is 0. The molecule has 1 N–H and O–H groups in total. The minimum absolute atomic E-state index is 0.525. The number of rotatable bonds is 6. The molecule has 0 radical (unpaired) electrons. The lowest BCUT2D eigenvalue weighted by molar-refractivity contribution is 0.332. The zero-order chi connectivity index (χ0) is 12.0. The van der Waals surface area contributed by atoms with Crippen LogP contribution < -0.4 is 5.32 Å². The van der Waals surface area contributed by atoms with Crippen LogP contribution >= 0.6 is 0 Å². The molecule has 1 aromatic carbocycles. The van der Waals surface area contributed by atoms with Crippen LogP contribution in [0.15, 0.2) is 30.3 Å². The highest BCUT2D eigenvalue weighted by Crippen LogP contribution is 2.03. The Labute approximate surface area is 99.7 Å². The molecular weight excluding hydrogens is 196 g/mol. The van der Waals surface area contributed by atoms with Crippen molar-refractivity contribution in [1.82, 2.24) is 10.2 Å². The number of likely N-dealkylation sites (N-methyl/N-ethyl adjacent to an activating group) is 1. The molecule has 1 aromatic rings. The molecule has 0 amide bonds. The first-order valence-corrected chi connectivity index (χ1v) is 6.02. The van der Waals surface area contributed by atoms with E-state index < -0.39 is 0 Å². The minimum Gasteiger partial charge on any atom is -0.310 e. The van der Waals surface area contributed by atoms with Crippen LogP contribution in [0.5, 0.6) is 0 Å². The molecule has 90 valence electrons. The van der Waals surface area contributed by atoms with Gasteiger partial charge in [-0.25, -0.2) is 0 Å². The summed E-state index contributed by atoms with van der Waals surface area (Å²) < 4.78 is 0. The monoisotopic (exact) mass is 220 g/mol. The lowest BCUT2D eigenvalue weighted by Crippen LogP contribution is -2.41. The summed E-state index contributed by atoms with van der Waals surface area (Å²) in [5, 5.41) is 3.62. The van der Waals surface area contributed by atoms with Gasteiger partial charge < -0.3 is 10.2 Å². The Morgan fingerprint density at radius 2 is 1.69 bits per heavy atom. The van der Waals surface area contributed by atoms with Crippen molar-refractivity contribution in [3.05, 3.63) is 35.9 Å². The summed E-state index contributed by atoms with van der Waals surface area (Å²) in [6, 6.07) is 11.7. The summed E-state index contributed by atoms with van der Waals surface area (Å²) >= 11 is 0. The van der Waals surface area contributed by atoms with Crippen molar-refractivity contribution in [2.75, 3.05) is 20.6 Å². The molecule has 0 saturated carbocycles. The van der Waals surface area contributed by atoms with E-state index in [0.29, 0.717) is 12.1 Å². The Morgan fingerprint density at radius 1 is 1.06 bits per heavy atom. The van der Waals surface area contributed by atoms with E-state index in [1.165, 1.54) is 5.56 Å². The van der Waals surface area contributed by atoms with Gasteiger partial charge in [-0.15, -0.1) is 0 Å². The maximum Gasteiger partial charge on any atom is 0.0169 e. The highest BCUT2D eigenvalue weighted by atomic mass is 15.1. The van der Waals surface area contributed by atoms with E-state index in [1.54, 1.807) is 0 Å². The maximum atomic E-state index is 3.62. The molecule has 0 aliphatic rings. The van der Waals surface area contributed by atoms with Crippen molar-refractivity contribution in [3.8, 4) is 0 Å². The molecule has 0 spiro atoms. The fourth-order valence-electron chi connectivity index (χ4n) is 2.11. The largest absolute Gasteiger partial charge is 0.310 e. The van der Waals surface area contributed by atoms with Gasteiger partial charge in [0.2, 0.25) is 0 Å². The molecule has 2 atom stereocenters. The second-order valence-corrected chi connectivity index (χ2v) is 4.92. The summed E-state index contributed by atoms with van der Waals surface area (Å²) in [4.78, 5) is 2.22. The van der Waals surface area contributed by atoms with Gasteiger partial charge in [0.25, 0.3) is 0 Å². The third kappa shape index (κ3) is 5.29. The average Bonchev–Trinajstić information content (AvgIpc) is 2.17. The van der Waals surface area contributed by atoms with E-state index in [-0.39, 0.29) is 0 Å². The molecule has 0 aromatic heterocycles. The second kappa shape index (κ2) is 6.66. The lowest BCUT2D eigenvalue weighted by Gasteiger charge is -2.22. The number of nitrogens with one attached hydrogen (secondary N) is 1. The number of hydrogen-bond acceptors (Lipinski definition) is 2. The van der Waals surface area contributed by atoms with Crippen LogP contribution in [0.25, 0.3) is 0 Å². The first kappa shape index (κ1) is 13.2. The van der Waals surface area contributed by atoms with Crippen LogP contribution in [-0.2, 0) is 6.42 Å². The standard InChI is InChI=1S/C14H24N2/c1-12(15-13(2)11-16(3)4)10-14-8-6-5-7-9-14/h5-9,12-13,15H,10-11H2,1-4H3. The highest BCUT2D eigenvalue weighted by Gasteiger charge is 2.08. The van der Waals surface area contributed by atoms with Gasteiger partial charge in [0.05, 0.1) is 0 Å². The van der Waals surface area contributed by atoms with E-state index in [2.05, 4.69) is 68.5 Å². The number of benzene rings is 1. The molecule has 0 fully saturated rings. The Kier molecular flexibility index (Phi) is 5.50. The first-order valence-electron chi connectivity index (χ1n) is 6.02. The third-order valence-electron chi connectivity index (χ3n) is 2.59. The molecule has 0 saturated heterocycles. The van der Waals surface area contributed by atoms with Crippen LogP contribution in [0.3, 0.4) is 0 Å². The quantitative estimate of drug-likeness (QED) is 0.790. The van der Waals surface area contributed by atoms with E-state index in [1.807, 2.05) is 0 Å². The molecule has 16 heavy (non-hydrogen) atoms. The van der Waals surface area contributed by atoms with Gasteiger partial charge in [-0.1, -0.05) is 30.3 Å². The van der Waals surface area contributed by atoms with E-state index in [0.717, 1.165) is 13.0 Å². The highest BCUT2D eigenvalue weighted by molar-refractivity contribution is 5.15. The maximum absolute atomic E-state index is 3.62. The molecule has 2 unspecified atom stereocenters. The normalized spacial score (nSPS) is 15.1. The van der Waals surface area contributed by atoms with Crippen molar-refractivity contribution in [1.29, 1.82) is 0 Å². The van der Waals surface area contributed by atoms with Crippen LogP contribution in [0.1, 0.15) is 19.4 Å². The fraction of sp³-hybridized carbons (Fsp3) is 0.571. The van der Waals surface area contributed by atoms with Gasteiger partial charge in [0, 0.05) is 18.6 Å². The van der Waals surface area contributed by atoms with E-state index >= 15 is 0 Å². The van der Waals surface area contributed by atoms with Gasteiger partial charge in [0.15, 0.2) is 0 Å². The van der Waals surface area contributed by atoms with E-state index in [9.17, 15) is 0 Å². The third-order valence-corrected chi connectivity index (χ3v) is 2.59. The molecule has 1 rings (SSSR count). The van der Waals surface area contributed by atoms with Gasteiger partial charge in [-0.2, -0.15) is 0 Å². The van der Waals surface area contributed by atoms with Gasteiger partial charge in [-0.05, 0) is 39.9 Å². The van der Waals surface area contributed by atoms with Crippen molar-refractivity contribution >= 4 is 0 Å². The van der Waals surface area contributed by atoms with Gasteiger partial charge >= 0.3 is 0 Å². The summed E-state index contributed by atoms with van der Waals surface area (Å²) in [6.45, 7) is 5.57. The van der Waals surface area contributed by atoms with Crippen LogP contribution in [-0.4, -0.2) is 37.6 Å². The molecule has 0 aliphatic heterocycles. The van der Waals surface area contributed by atoms with Gasteiger partial charge in [0.1, 0.15) is 0 Å².